The Labute approximate surface area is 121 Å². The highest BCUT2D eigenvalue weighted by Crippen LogP contribution is 2.32. The van der Waals surface area contributed by atoms with Crippen molar-refractivity contribution in [2.75, 3.05) is 11.6 Å². The molecule has 4 nitrogen and oxygen atoms in total. The molecule has 0 saturated heterocycles. The van der Waals surface area contributed by atoms with Crippen LogP contribution in [0.3, 0.4) is 0 Å². The Balaban J connectivity index is 2.09. The summed E-state index contributed by atoms with van der Waals surface area (Å²) in [5.74, 6) is 1.34. The van der Waals surface area contributed by atoms with Gasteiger partial charge in [-0.2, -0.15) is 0 Å². The third-order valence-electron chi connectivity index (χ3n) is 4.14. The maximum atomic E-state index is 11.4. The second-order valence-electron chi connectivity index (χ2n) is 6.10. The lowest BCUT2D eigenvalue weighted by Gasteiger charge is -2.35. The van der Waals surface area contributed by atoms with E-state index in [9.17, 15) is 8.42 Å². The highest BCUT2D eigenvalue weighted by atomic mass is 32.2. The molecule has 112 valence electrons. The molecule has 1 aromatic rings. The molecule has 1 aromatic heterocycles. The van der Waals surface area contributed by atoms with Gasteiger partial charge in [-0.1, -0.05) is 26.7 Å². The topological polar surface area (TPSA) is 59.1 Å². The summed E-state index contributed by atoms with van der Waals surface area (Å²) in [5, 5.41) is 3.67. The van der Waals surface area contributed by atoms with Gasteiger partial charge >= 0.3 is 0 Å². The van der Waals surface area contributed by atoms with Gasteiger partial charge in [-0.15, -0.1) is 0 Å². The molecule has 0 spiro atoms. The zero-order valence-electron chi connectivity index (χ0n) is 12.5. The fraction of sp³-hybridized carbons (Fsp3) is 0.667. The van der Waals surface area contributed by atoms with Gasteiger partial charge in [-0.05, 0) is 36.8 Å². The molecule has 1 heterocycles. The van der Waals surface area contributed by atoms with Crippen LogP contribution in [0.25, 0.3) is 0 Å². The van der Waals surface area contributed by atoms with Crippen LogP contribution in [0.5, 0.6) is 0 Å². The van der Waals surface area contributed by atoms with Crippen LogP contribution in [-0.4, -0.2) is 25.7 Å². The molecule has 20 heavy (non-hydrogen) atoms. The minimum atomic E-state index is -3.22. The number of nitrogens with one attached hydrogen (secondary N) is 1. The molecule has 1 saturated carbocycles. The van der Waals surface area contributed by atoms with Crippen molar-refractivity contribution in [1.29, 1.82) is 0 Å². The molecule has 2 atom stereocenters. The molecule has 1 aliphatic rings. The molecule has 2 unspecified atom stereocenters. The summed E-state index contributed by atoms with van der Waals surface area (Å²) in [6.45, 7) is 4.55. The molecular weight excluding hydrogens is 272 g/mol. The lowest BCUT2D eigenvalue weighted by Crippen LogP contribution is -2.35. The molecule has 5 heteroatoms. The van der Waals surface area contributed by atoms with Crippen molar-refractivity contribution < 1.29 is 8.42 Å². The van der Waals surface area contributed by atoms with Crippen LogP contribution in [-0.2, 0) is 9.84 Å². The maximum absolute atomic E-state index is 11.4. The van der Waals surface area contributed by atoms with Gasteiger partial charge in [0, 0.05) is 12.3 Å². The molecule has 0 radical (unpaired) electrons. The summed E-state index contributed by atoms with van der Waals surface area (Å²) < 4.78 is 22.8. The largest absolute Gasteiger partial charge is 0.381 e. The number of sulfone groups is 1. The molecule has 0 aromatic carbocycles. The van der Waals surface area contributed by atoms with Crippen molar-refractivity contribution in [3.63, 3.8) is 0 Å². The first-order valence-electron chi connectivity index (χ1n) is 7.30. The Morgan fingerprint density at radius 1 is 1.25 bits per heavy atom. The summed E-state index contributed by atoms with van der Waals surface area (Å²) in [7, 11) is -3.22. The Kier molecular flexibility index (Phi) is 4.68. The van der Waals surface area contributed by atoms with E-state index in [-0.39, 0.29) is 5.03 Å². The Morgan fingerprint density at radius 2 is 1.95 bits per heavy atom. The van der Waals surface area contributed by atoms with E-state index in [1.807, 2.05) is 6.07 Å². The lowest BCUT2D eigenvalue weighted by atomic mass is 9.78. The molecule has 1 fully saturated rings. The van der Waals surface area contributed by atoms with E-state index in [1.165, 1.54) is 31.9 Å². The number of rotatable bonds is 4. The number of anilines is 1. The van der Waals surface area contributed by atoms with Crippen LogP contribution in [0.2, 0.25) is 0 Å². The number of hydrogen-bond donors (Lipinski definition) is 1. The molecule has 0 aliphatic heterocycles. The molecular formula is C15H24N2O2S. The van der Waals surface area contributed by atoms with Gasteiger partial charge in [0.2, 0.25) is 0 Å². The minimum absolute atomic E-state index is 0.132. The van der Waals surface area contributed by atoms with Crippen molar-refractivity contribution in [2.24, 2.45) is 11.8 Å². The van der Waals surface area contributed by atoms with E-state index in [0.29, 0.717) is 17.9 Å². The summed E-state index contributed by atoms with van der Waals surface area (Å²) in [6, 6.07) is 3.86. The summed E-state index contributed by atoms with van der Waals surface area (Å²) in [6.07, 6.45) is 7.82. The van der Waals surface area contributed by atoms with Gasteiger partial charge in [-0.25, -0.2) is 13.4 Å². The SMILES string of the molecule is CC(C)C1CCCCC1Nc1ccc(S(C)(=O)=O)nc1. The van der Waals surface area contributed by atoms with E-state index in [1.54, 1.807) is 12.3 Å². The van der Waals surface area contributed by atoms with Crippen LogP contribution in [0.1, 0.15) is 39.5 Å². The first-order chi connectivity index (χ1) is 9.38. The first kappa shape index (κ1) is 15.3. The fourth-order valence-electron chi connectivity index (χ4n) is 3.04. The normalized spacial score (nSPS) is 23.8. The standard InChI is InChI=1S/C15H24N2O2S/c1-11(2)13-6-4-5-7-14(13)17-12-8-9-15(16-10-12)20(3,18)19/h8-11,13-14,17H,4-7H2,1-3H3. The average molecular weight is 296 g/mol. The summed E-state index contributed by atoms with van der Waals surface area (Å²) >= 11 is 0. The van der Waals surface area contributed by atoms with E-state index in [0.717, 1.165) is 5.69 Å². The third-order valence-corrected chi connectivity index (χ3v) is 5.15. The number of pyridine rings is 1. The molecule has 0 bridgehead atoms. The Bertz CT molecular complexity index is 537. The molecule has 1 aliphatic carbocycles. The van der Waals surface area contributed by atoms with Gasteiger partial charge in [0.05, 0.1) is 11.9 Å². The van der Waals surface area contributed by atoms with Crippen LogP contribution in [0.4, 0.5) is 5.69 Å². The minimum Gasteiger partial charge on any atom is -0.381 e. The first-order valence-corrected chi connectivity index (χ1v) is 9.19. The van der Waals surface area contributed by atoms with Crippen molar-refractivity contribution in [3.8, 4) is 0 Å². The van der Waals surface area contributed by atoms with Crippen LogP contribution in [0, 0.1) is 11.8 Å². The van der Waals surface area contributed by atoms with Crippen LogP contribution < -0.4 is 5.32 Å². The van der Waals surface area contributed by atoms with Crippen LogP contribution in [0.15, 0.2) is 23.4 Å². The zero-order chi connectivity index (χ0) is 14.8. The third kappa shape index (κ3) is 3.72. The number of hydrogen-bond acceptors (Lipinski definition) is 4. The predicted molar refractivity (Wildman–Crippen MR) is 81.6 cm³/mol. The summed E-state index contributed by atoms with van der Waals surface area (Å²) in [4.78, 5) is 4.03. The monoisotopic (exact) mass is 296 g/mol. The average Bonchev–Trinajstić information content (AvgIpc) is 2.38. The van der Waals surface area contributed by atoms with Crippen molar-refractivity contribution in [3.05, 3.63) is 18.3 Å². The zero-order valence-corrected chi connectivity index (χ0v) is 13.3. The highest BCUT2D eigenvalue weighted by Gasteiger charge is 2.27. The predicted octanol–water partition coefficient (Wildman–Crippen LogP) is 3.11. The fourth-order valence-corrected chi connectivity index (χ4v) is 3.60. The van der Waals surface area contributed by atoms with E-state index < -0.39 is 9.84 Å². The molecule has 0 amide bonds. The lowest BCUT2D eigenvalue weighted by molar-refractivity contribution is 0.254. The van der Waals surface area contributed by atoms with Gasteiger partial charge in [0.1, 0.15) is 0 Å². The Morgan fingerprint density at radius 3 is 2.50 bits per heavy atom. The number of nitrogens with zero attached hydrogens (tertiary/aromatic N) is 1. The highest BCUT2D eigenvalue weighted by molar-refractivity contribution is 7.90. The molecule has 1 N–H and O–H groups in total. The Hall–Kier alpha value is -1.10. The van der Waals surface area contributed by atoms with Gasteiger partial charge < -0.3 is 5.32 Å². The van der Waals surface area contributed by atoms with Gasteiger partial charge in [0.15, 0.2) is 14.9 Å². The van der Waals surface area contributed by atoms with Crippen molar-refractivity contribution >= 4 is 15.5 Å². The smallest absolute Gasteiger partial charge is 0.192 e. The quantitative estimate of drug-likeness (QED) is 0.927. The van der Waals surface area contributed by atoms with E-state index in [4.69, 9.17) is 0 Å². The van der Waals surface area contributed by atoms with Crippen molar-refractivity contribution in [1.82, 2.24) is 4.98 Å². The van der Waals surface area contributed by atoms with E-state index in [2.05, 4.69) is 24.1 Å². The second-order valence-corrected chi connectivity index (χ2v) is 8.06. The molecule has 2 rings (SSSR count). The maximum Gasteiger partial charge on any atom is 0.192 e. The van der Waals surface area contributed by atoms with Crippen LogP contribution >= 0.6 is 0 Å². The summed E-state index contributed by atoms with van der Waals surface area (Å²) in [5.41, 5.74) is 0.912. The van der Waals surface area contributed by atoms with Gasteiger partial charge in [-0.3, -0.25) is 0 Å². The van der Waals surface area contributed by atoms with Gasteiger partial charge in [0.25, 0.3) is 0 Å². The second kappa shape index (κ2) is 6.12. The van der Waals surface area contributed by atoms with Crippen molar-refractivity contribution in [2.45, 2.75) is 50.6 Å². The van der Waals surface area contributed by atoms with E-state index >= 15 is 0 Å². The number of aromatic nitrogens is 1.